The summed E-state index contributed by atoms with van der Waals surface area (Å²) in [5.74, 6) is 0.0535. The molecule has 23 heavy (non-hydrogen) atoms. The van der Waals surface area contributed by atoms with Gasteiger partial charge >= 0.3 is 11.8 Å². The van der Waals surface area contributed by atoms with E-state index in [0.29, 0.717) is 0 Å². The number of aliphatic hydroxyl groups is 2. The number of amides is 1. The predicted octanol–water partition coefficient (Wildman–Crippen LogP) is 0.231. The molecular weight excluding hydrogens is 306 g/mol. The van der Waals surface area contributed by atoms with E-state index in [0.717, 1.165) is 0 Å². The number of nitrogens with one attached hydrogen (secondary N) is 1. The highest BCUT2D eigenvalue weighted by atomic mass is 16.6. The smallest absolute Gasteiger partial charge is 0.413 e. The zero-order valence-corrected chi connectivity index (χ0v) is 13.2. The van der Waals surface area contributed by atoms with Crippen LogP contribution in [0.15, 0.2) is 17.1 Å². The van der Waals surface area contributed by atoms with Crippen molar-refractivity contribution in [2.45, 2.75) is 51.2 Å². The van der Waals surface area contributed by atoms with Gasteiger partial charge in [-0.2, -0.15) is 4.98 Å². The van der Waals surface area contributed by atoms with Crippen molar-refractivity contribution in [1.29, 1.82) is 0 Å². The number of ether oxygens (including phenoxy) is 2. The minimum Gasteiger partial charge on any atom is -0.444 e. The first-order valence-electron chi connectivity index (χ1n) is 7.23. The van der Waals surface area contributed by atoms with Gasteiger partial charge in [-0.1, -0.05) is 0 Å². The summed E-state index contributed by atoms with van der Waals surface area (Å²) in [7, 11) is 0. The Balaban J connectivity index is 2.07. The Bertz CT molecular complexity index is 624. The summed E-state index contributed by atoms with van der Waals surface area (Å²) in [5.41, 5.74) is -1.30. The van der Waals surface area contributed by atoms with E-state index in [1.165, 1.54) is 16.8 Å². The molecule has 0 aliphatic carbocycles. The molecule has 1 aliphatic rings. The van der Waals surface area contributed by atoms with Crippen molar-refractivity contribution in [3.8, 4) is 0 Å². The molecule has 0 radical (unpaired) electrons. The van der Waals surface area contributed by atoms with Gasteiger partial charge in [0.1, 0.15) is 23.8 Å². The molecule has 3 atom stereocenters. The Kier molecular flexibility index (Phi) is 5.03. The highest BCUT2D eigenvalue weighted by molar-refractivity contribution is 5.83. The van der Waals surface area contributed by atoms with Gasteiger partial charge in [-0.3, -0.25) is 9.88 Å². The fraction of sp³-hybridized carbons (Fsp3) is 0.643. The van der Waals surface area contributed by atoms with Crippen LogP contribution in [0.1, 0.15) is 33.4 Å². The number of aliphatic hydroxyl groups excluding tert-OH is 2. The molecule has 0 bridgehead atoms. The predicted molar refractivity (Wildman–Crippen MR) is 80.0 cm³/mol. The summed E-state index contributed by atoms with van der Waals surface area (Å²) in [5, 5.41) is 21.1. The maximum absolute atomic E-state index is 12.0. The Morgan fingerprint density at radius 1 is 1.57 bits per heavy atom. The van der Waals surface area contributed by atoms with Crippen LogP contribution < -0.4 is 11.0 Å². The largest absolute Gasteiger partial charge is 0.444 e. The maximum atomic E-state index is 12.0. The number of aromatic nitrogens is 2. The number of carbonyl (C=O) groups is 1. The van der Waals surface area contributed by atoms with Gasteiger partial charge in [0, 0.05) is 12.6 Å². The molecule has 3 N–H and O–H groups in total. The summed E-state index contributed by atoms with van der Waals surface area (Å²) in [6.07, 6.45) is -1.43. The molecular formula is C14H21N3O6. The van der Waals surface area contributed by atoms with E-state index in [9.17, 15) is 14.7 Å². The van der Waals surface area contributed by atoms with Crippen LogP contribution in [0.3, 0.4) is 0 Å². The molecule has 9 heteroatoms. The Morgan fingerprint density at radius 2 is 2.26 bits per heavy atom. The number of hydrogen-bond acceptors (Lipinski definition) is 7. The van der Waals surface area contributed by atoms with Gasteiger partial charge in [0.05, 0.1) is 12.7 Å². The van der Waals surface area contributed by atoms with Crippen molar-refractivity contribution in [3.05, 3.63) is 22.7 Å². The van der Waals surface area contributed by atoms with Crippen molar-refractivity contribution in [2.24, 2.45) is 0 Å². The molecule has 1 aliphatic heterocycles. The first-order valence-corrected chi connectivity index (χ1v) is 7.23. The molecule has 1 unspecified atom stereocenters. The monoisotopic (exact) mass is 327 g/mol. The molecule has 2 rings (SSSR count). The van der Waals surface area contributed by atoms with E-state index in [1.807, 2.05) is 0 Å². The summed E-state index contributed by atoms with van der Waals surface area (Å²) >= 11 is 0. The topological polar surface area (TPSA) is 123 Å². The van der Waals surface area contributed by atoms with Crippen LogP contribution in [0.2, 0.25) is 0 Å². The molecule has 128 valence electrons. The highest BCUT2D eigenvalue weighted by Crippen LogP contribution is 2.27. The van der Waals surface area contributed by atoms with Crippen molar-refractivity contribution < 1.29 is 24.5 Å². The second-order valence-electron chi connectivity index (χ2n) is 6.24. The van der Waals surface area contributed by atoms with Crippen LogP contribution in [0.4, 0.5) is 10.6 Å². The van der Waals surface area contributed by atoms with Gasteiger partial charge in [-0.05, 0) is 26.8 Å². The third-order valence-corrected chi connectivity index (χ3v) is 3.15. The molecule has 0 spiro atoms. The second kappa shape index (κ2) is 6.65. The average molecular weight is 327 g/mol. The lowest BCUT2D eigenvalue weighted by Gasteiger charge is -2.19. The molecule has 1 aromatic rings. The average Bonchev–Trinajstić information content (AvgIpc) is 2.77. The van der Waals surface area contributed by atoms with Gasteiger partial charge in [0.25, 0.3) is 0 Å². The summed E-state index contributed by atoms with van der Waals surface area (Å²) in [6.45, 7) is 4.83. The van der Waals surface area contributed by atoms with Gasteiger partial charge in [0.2, 0.25) is 0 Å². The standard InChI is InChI=1S/C14H21N3O6/c1-14(2,3)23-13(21)16-10-4-5-17(12(20)15-10)11-6-8(19)9(7-18)22-11/h4-5,8-9,11,18-19H,6-7H2,1-3H3,(H,15,16,20,21)/t8?,9-,11-/m1/s1. The molecule has 9 nitrogen and oxygen atoms in total. The number of carbonyl (C=O) groups excluding carboxylic acids is 1. The van der Waals surface area contributed by atoms with E-state index in [4.69, 9.17) is 14.6 Å². The lowest BCUT2D eigenvalue weighted by molar-refractivity contribution is -0.0458. The number of anilines is 1. The van der Waals surface area contributed by atoms with Gasteiger partial charge in [-0.15, -0.1) is 0 Å². The minimum atomic E-state index is -0.850. The Labute approximate surface area is 132 Å². The van der Waals surface area contributed by atoms with Gasteiger partial charge < -0.3 is 19.7 Å². The molecule has 1 saturated heterocycles. The van der Waals surface area contributed by atoms with Gasteiger partial charge in [-0.25, -0.2) is 9.59 Å². The molecule has 0 aromatic carbocycles. The highest BCUT2D eigenvalue weighted by Gasteiger charge is 2.35. The summed E-state index contributed by atoms with van der Waals surface area (Å²) in [4.78, 5) is 27.4. The summed E-state index contributed by atoms with van der Waals surface area (Å²) < 4.78 is 11.7. The van der Waals surface area contributed by atoms with Crippen LogP contribution in [0.25, 0.3) is 0 Å². The third-order valence-electron chi connectivity index (χ3n) is 3.15. The second-order valence-corrected chi connectivity index (χ2v) is 6.24. The van der Waals surface area contributed by atoms with Crippen LogP contribution in [-0.2, 0) is 9.47 Å². The fourth-order valence-electron chi connectivity index (χ4n) is 2.16. The van der Waals surface area contributed by atoms with Crippen LogP contribution in [0, 0.1) is 0 Å². The SMILES string of the molecule is CC(C)(C)OC(=O)Nc1ccn([C@H]2CC(O)[C@@H](CO)O2)c(=O)n1. The number of rotatable bonds is 3. The van der Waals surface area contributed by atoms with Gasteiger partial charge in [0.15, 0.2) is 0 Å². The zero-order chi connectivity index (χ0) is 17.2. The third kappa shape index (κ3) is 4.50. The van der Waals surface area contributed by atoms with Crippen molar-refractivity contribution in [2.75, 3.05) is 11.9 Å². The van der Waals surface area contributed by atoms with Crippen LogP contribution in [0.5, 0.6) is 0 Å². The first-order chi connectivity index (χ1) is 10.7. The zero-order valence-electron chi connectivity index (χ0n) is 13.2. The van der Waals surface area contributed by atoms with E-state index in [1.54, 1.807) is 20.8 Å². The van der Waals surface area contributed by atoms with E-state index < -0.39 is 35.8 Å². The van der Waals surface area contributed by atoms with E-state index >= 15 is 0 Å². The van der Waals surface area contributed by atoms with Crippen LogP contribution in [-0.4, -0.2) is 50.3 Å². The van der Waals surface area contributed by atoms with Crippen molar-refractivity contribution in [3.63, 3.8) is 0 Å². The Hall–Kier alpha value is -1.97. The molecule has 1 amide bonds. The normalized spacial score (nSPS) is 24.5. The Morgan fingerprint density at radius 3 is 2.78 bits per heavy atom. The molecule has 2 heterocycles. The molecule has 1 fully saturated rings. The number of hydrogen-bond donors (Lipinski definition) is 3. The van der Waals surface area contributed by atoms with E-state index in [-0.39, 0.29) is 18.8 Å². The number of nitrogens with zero attached hydrogens (tertiary/aromatic N) is 2. The van der Waals surface area contributed by atoms with Crippen molar-refractivity contribution in [1.82, 2.24) is 9.55 Å². The molecule has 1 aromatic heterocycles. The molecule has 0 saturated carbocycles. The maximum Gasteiger partial charge on any atom is 0.413 e. The van der Waals surface area contributed by atoms with E-state index in [2.05, 4.69) is 10.3 Å². The summed E-state index contributed by atoms with van der Waals surface area (Å²) in [6, 6.07) is 1.42. The lowest BCUT2D eigenvalue weighted by Crippen LogP contribution is -2.30. The minimum absolute atomic E-state index is 0.0535. The lowest BCUT2D eigenvalue weighted by atomic mass is 10.2. The quantitative estimate of drug-likeness (QED) is 0.726. The fourth-order valence-corrected chi connectivity index (χ4v) is 2.16. The van der Waals surface area contributed by atoms with Crippen LogP contribution >= 0.6 is 0 Å². The van der Waals surface area contributed by atoms with Crippen molar-refractivity contribution >= 4 is 11.9 Å². The first kappa shape index (κ1) is 17.4.